The summed E-state index contributed by atoms with van der Waals surface area (Å²) < 4.78 is 39.0. The number of alkyl halides is 3. The minimum Gasteiger partial charge on any atom is -0.314 e. The molecule has 1 saturated heterocycles. The lowest BCUT2D eigenvalue weighted by Crippen LogP contribution is -2.46. The predicted octanol–water partition coefficient (Wildman–Crippen LogP) is 3.13. The van der Waals surface area contributed by atoms with Crippen molar-refractivity contribution in [2.45, 2.75) is 18.6 Å². The van der Waals surface area contributed by atoms with Crippen molar-refractivity contribution in [3.63, 3.8) is 0 Å². The number of fused-ring (bicyclic) bond motifs is 1. The Morgan fingerprint density at radius 2 is 1.82 bits per heavy atom. The van der Waals surface area contributed by atoms with E-state index in [-0.39, 0.29) is 0 Å². The van der Waals surface area contributed by atoms with E-state index in [0.29, 0.717) is 31.9 Å². The molecule has 0 spiro atoms. The first-order chi connectivity index (χ1) is 10.5. The smallest absolute Gasteiger partial charge is 0.314 e. The van der Waals surface area contributed by atoms with E-state index < -0.39 is 18.6 Å². The Balaban J connectivity index is 1.94. The maximum Gasteiger partial charge on any atom is 0.391 e. The van der Waals surface area contributed by atoms with E-state index in [9.17, 15) is 13.2 Å². The number of piperazine rings is 1. The summed E-state index contributed by atoms with van der Waals surface area (Å²) in [6, 6.07) is 10.4. The standard InChI is InChI=1S/C16H18F3N3/c17-16(18,19)11-15(22-9-7-20-8-10-22)14-6-5-12-3-1-2-4-13(12)21-14/h1-6,15,20H,7-11H2/t15-/m1/s1. The number of hydrogen-bond acceptors (Lipinski definition) is 3. The molecule has 2 aromatic rings. The molecule has 1 fully saturated rings. The van der Waals surface area contributed by atoms with Gasteiger partial charge in [0.25, 0.3) is 0 Å². The highest BCUT2D eigenvalue weighted by Gasteiger charge is 2.36. The van der Waals surface area contributed by atoms with Gasteiger partial charge in [-0.1, -0.05) is 24.3 Å². The van der Waals surface area contributed by atoms with Crippen LogP contribution in [0, 0.1) is 0 Å². The summed E-state index contributed by atoms with van der Waals surface area (Å²) in [5, 5.41) is 4.11. The third-order valence-corrected chi connectivity index (χ3v) is 3.98. The van der Waals surface area contributed by atoms with Gasteiger partial charge in [0.15, 0.2) is 0 Å². The van der Waals surface area contributed by atoms with Crippen LogP contribution in [-0.2, 0) is 0 Å². The van der Waals surface area contributed by atoms with Crippen molar-refractivity contribution in [3.05, 3.63) is 42.1 Å². The van der Waals surface area contributed by atoms with E-state index in [4.69, 9.17) is 0 Å². The molecular formula is C16H18F3N3. The number of rotatable bonds is 3. The van der Waals surface area contributed by atoms with Gasteiger partial charge in [-0.3, -0.25) is 9.88 Å². The first-order valence-corrected chi connectivity index (χ1v) is 7.40. The molecule has 0 aliphatic carbocycles. The molecular weight excluding hydrogens is 291 g/mol. The molecule has 118 valence electrons. The summed E-state index contributed by atoms with van der Waals surface area (Å²) in [5.74, 6) is 0. The van der Waals surface area contributed by atoms with E-state index in [1.165, 1.54) is 0 Å². The van der Waals surface area contributed by atoms with Crippen LogP contribution in [-0.4, -0.2) is 42.2 Å². The van der Waals surface area contributed by atoms with Crippen LogP contribution in [0.25, 0.3) is 10.9 Å². The third kappa shape index (κ3) is 3.56. The average Bonchev–Trinajstić information content (AvgIpc) is 2.52. The molecule has 1 aliphatic heterocycles. The van der Waals surface area contributed by atoms with Gasteiger partial charge in [-0.2, -0.15) is 13.2 Å². The fraction of sp³-hybridized carbons (Fsp3) is 0.438. The molecule has 1 atom stereocenters. The van der Waals surface area contributed by atoms with Gasteiger partial charge in [-0.15, -0.1) is 0 Å². The molecule has 1 aliphatic rings. The highest BCUT2D eigenvalue weighted by atomic mass is 19.4. The van der Waals surface area contributed by atoms with Crippen LogP contribution < -0.4 is 5.32 Å². The van der Waals surface area contributed by atoms with Crippen molar-refractivity contribution < 1.29 is 13.2 Å². The van der Waals surface area contributed by atoms with E-state index in [2.05, 4.69) is 10.3 Å². The van der Waals surface area contributed by atoms with Crippen molar-refractivity contribution in [1.82, 2.24) is 15.2 Å². The molecule has 3 rings (SSSR count). The molecule has 0 radical (unpaired) electrons. The summed E-state index contributed by atoms with van der Waals surface area (Å²) in [6.07, 6.45) is -5.07. The van der Waals surface area contributed by atoms with Crippen molar-refractivity contribution >= 4 is 10.9 Å². The van der Waals surface area contributed by atoms with Crippen molar-refractivity contribution in [2.24, 2.45) is 0 Å². The van der Waals surface area contributed by atoms with Gasteiger partial charge in [-0.25, -0.2) is 0 Å². The van der Waals surface area contributed by atoms with Gasteiger partial charge in [0, 0.05) is 31.6 Å². The van der Waals surface area contributed by atoms with Gasteiger partial charge in [0.2, 0.25) is 0 Å². The molecule has 0 unspecified atom stereocenters. The third-order valence-electron chi connectivity index (χ3n) is 3.98. The lowest BCUT2D eigenvalue weighted by atomic mass is 10.0. The second-order valence-corrected chi connectivity index (χ2v) is 5.55. The first-order valence-electron chi connectivity index (χ1n) is 7.40. The number of benzene rings is 1. The van der Waals surface area contributed by atoms with Crippen molar-refractivity contribution in [3.8, 4) is 0 Å². The number of para-hydroxylation sites is 1. The summed E-state index contributed by atoms with van der Waals surface area (Å²) >= 11 is 0. The van der Waals surface area contributed by atoms with Crippen LogP contribution in [0.4, 0.5) is 13.2 Å². The van der Waals surface area contributed by atoms with Crippen molar-refractivity contribution in [2.75, 3.05) is 26.2 Å². The maximum atomic E-state index is 13.0. The van der Waals surface area contributed by atoms with E-state index in [0.717, 1.165) is 10.9 Å². The molecule has 2 heterocycles. The molecule has 6 heteroatoms. The van der Waals surface area contributed by atoms with Crippen molar-refractivity contribution in [1.29, 1.82) is 0 Å². The molecule has 0 amide bonds. The zero-order valence-corrected chi connectivity index (χ0v) is 12.1. The number of aromatic nitrogens is 1. The predicted molar refractivity (Wildman–Crippen MR) is 79.6 cm³/mol. The Morgan fingerprint density at radius 1 is 1.09 bits per heavy atom. The fourth-order valence-electron chi connectivity index (χ4n) is 2.90. The van der Waals surface area contributed by atoms with Gasteiger partial charge >= 0.3 is 6.18 Å². The average molecular weight is 309 g/mol. The SMILES string of the molecule is FC(F)(F)C[C@H](c1ccc2ccccc2n1)N1CCNCC1. The monoisotopic (exact) mass is 309 g/mol. The summed E-state index contributed by atoms with van der Waals surface area (Å²) in [4.78, 5) is 6.35. The normalized spacial score (nSPS) is 18.5. The highest BCUT2D eigenvalue weighted by Crippen LogP contribution is 2.33. The quantitative estimate of drug-likeness (QED) is 0.944. The van der Waals surface area contributed by atoms with Crippen LogP contribution in [0.5, 0.6) is 0 Å². The number of nitrogens with one attached hydrogen (secondary N) is 1. The Bertz CT molecular complexity index is 636. The highest BCUT2D eigenvalue weighted by molar-refractivity contribution is 5.78. The van der Waals surface area contributed by atoms with Crippen LogP contribution in [0.15, 0.2) is 36.4 Å². The largest absolute Gasteiger partial charge is 0.391 e. The lowest BCUT2D eigenvalue weighted by molar-refractivity contribution is -0.149. The van der Waals surface area contributed by atoms with Gasteiger partial charge in [0.05, 0.1) is 23.7 Å². The molecule has 3 nitrogen and oxygen atoms in total. The second kappa shape index (κ2) is 6.22. The van der Waals surface area contributed by atoms with Crippen LogP contribution in [0.2, 0.25) is 0 Å². The van der Waals surface area contributed by atoms with E-state index >= 15 is 0 Å². The minimum atomic E-state index is -4.21. The van der Waals surface area contributed by atoms with Crippen LogP contribution >= 0.6 is 0 Å². The summed E-state index contributed by atoms with van der Waals surface area (Å²) in [5.41, 5.74) is 1.24. The first kappa shape index (κ1) is 15.2. The Labute approximate surface area is 127 Å². The summed E-state index contributed by atoms with van der Waals surface area (Å²) in [7, 11) is 0. The van der Waals surface area contributed by atoms with Crippen LogP contribution in [0.1, 0.15) is 18.2 Å². The van der Waals surface area contributed by atoms with E-state index in [1.807, 2.05) is 35.2 Å². The Kier molecular flexibility index (Phi) is 4.31. The van der Waals surface area contributed by atoms with Gasteiger partial charge < -0.3 is 5.32 Å². The fourth-order valence-corrected chi connectivity index (χ4v) is 2.90. The number of pyridine rings is 1. The summed E-state index contributed by atoms with van der Waals surface area (Å²) in [6.45, 7) is 2.63. The van der Waals surface area contributed by atoms with Gasteiger partial charge in [-0.05, 0) is 12.1 Å². The van der Waals surface area contributed by atoms with E-state index in [1.54, 1.807) is 6.07 Å². The number of halogens is 3. The molecule has 1 aromatic carbocycles. The minimum absolute atomic E-state index is 0.498. The molecule has 0 saturated carbocycles. The zero-order chi connectivity index (χ0) is 15.6. The molecule has 22 heavy (non-hydrogen) atoms. The van der Waals surface area contributed by atoms with Crippen LogP contribution in [0.3, 0.4) is 0 Å². The van der Waals surface area contributed by atoms with Gasteiger partial charge in [0.1, 0.15) is 0 Å². The Hall–Kier alpha value is -1.66. The topological polar surface area (TPSA) is 28.2 Å². The Morgan fingerprint density at radius 3 is 2.55 bits per heavy atom. The maximum absolute atomic E-state index is 13.0. The molecule has 1 N–H and O–H groups in total. The number of hydrogen-bond donors (Lipinski definition) is 1. The molecule has 1 aromatic heterocycles. The lowest BCUT2D eigenvalue weighted by Gasteiger charge is -2.35. The molecule has 0 bridgehead atoms. The number of nitrogens with zero attached hydrogens (tertiary/aromatic N) is 2. The zero-order valence-electron chi connectivity index (χ0n) is 12.1. The second-order valence-electron chi connectivity index (χ2n) is 5.55.